The molecule has 0 unspecified atom stereocenters. The Morgan fingerprint density at radius 3 is 1.68 bits per heavy atom. The first-order chi connectivity index (χ1) is 29.3. The van der Waals surface area contributed by atoms with E-state index in [1.807, 2.05) is 0 Å². The van der Waals surface area contributed by atoms with Crippen LogP contribution in [0.2, 0.25) is 0 Å². The Bertz CT molecular complexity index is 1900. The number of piperidine rings is 1. The molecule has 24 heteroatoms. The van der Waals surface area contributed by atoms with Crippen molar-refractivity contribution in [3.8, 4) is 11.5 Å². The normalized spacial score (nSPS) is 18.1. The average molecular weight is 1010 g/mol. The van der Waals surface area contributed by atoms with Crippen molar-refractivity contribution in [1.82, 2.24) is 4.90 Å². The Morgan fingerprint density at radius 2 is 1.15 bits per heavy atom. The van der Waals surface area contributed by atoms with Gasteiger partial charge in [0.15, 0.2) is 0 Å². The molecule has 1 saturated heterocycles. The molecule has 18 nitrogen and oxygen atoms in total. The second-order valence-electron chi connectivity index (χ2n) is 16.6. The second-order valence-corrected chi connectivity index (χ2v) is 19.7. The Labute approximate surface area is 453 Å². The predicted octanol–water partition coefficient (Wildman–Crippen LogP) is -3.25. The number of carbonyl (C=O) groups is 1. The van der Waals surface area contributed by atoms with Crippen LogP contribution >= 0.6 is 0 Å². The Kier molecular flexibility index (Phi) is 34.1. The van der Waals surface area contributed by atoms with Gasteiger partial charge in [0.25, 0.3) is 0 Å². The van der Waals surface area contributed by atoms with Crippen LogP contribution in [0, 0.1) is 0 Å². The SMILES string of the molecule is CCCCCCCCCC[C@H](OS(=O)(=O)O)[C@H](CC[C@H](CCCCCCCCCCCCC([O-])=N[C@H]1CC[C@@H]2c3c([O-])cc([O-])cc3CCN2C1=O)OS(=O)(=O)O)OS(=O)(=O)O.[Na+].[Na+].[Na+]. The molecule has 2 aliphatic rings. The van der Waals surface area contributed by atoms with E-state index in [1.165, 1.54) is 6.07 Å². The van der Waals surface area contributed by atoms with Crippen molar-refractivity contribution in [3.05, 3.63) is 23.3 Å². The fraction of sp³-hybridized carbons (Fsp3) is 0.805. The zero-order valence-electron chi connectivity index (χ0n) is 38.9. The van der Waals surface area contributed by atoms with Crippen LogP contribution in [-0.4, -0.2) is 86.5 Å². The van der Waals surface area contributed by atoms with Gasteiger partial charge in [-0.1, -0.05) is 128 Å². The first-order valence-electron chi connectivity index (χ1n) is 22.3. The zero-order chi connectivity index (χ0) is 45.8. The van der Waals surface area contributed by atoms with Crippen molar-refractivity contribution in [1.29, 1.82) is 0 Å². The smallest absolute Gasteiger partial charge is 0.872 e. The minimum Gasteiger partial charge on any atom is -0.872 e. The van der Waals surface area contributed by atoms with E-state index >= 15 is 0 Å². The van der Waals surface area contributed by atoms with Crippen LogP contribution in [0.3, 0.4) is 0 Å². The minimum absolute atomic E-state index is 0. The van der Waals surface area contributed by atoms with E-state index in [2.05, 4.69) is 11.9 Å². The molecule has 3 rings (SSSR count). The molecule has 1 aromatic rings. The summed E-state index contributed by atoms with van der Waals surface area (Å²) in [5.74, 6) is -1.23. The van der Waals surface area contributed by atoms with Crippen LogP contribution in [-0.2, 0) is 55.0 Å². The van der Waals surface area contributed by atoms with Crippen molar-refractivity contribution < 1.29 is 160 Å². The summed E-state index contributed by atoms with van der Waals surface area (Å²) in [6, 6.07) is 1.40. The van der Waals surface area contributed by atoms with Crippen LogP contribution in [0.1, 0.15) is 185 Å². The fourth-order valence-electron chi connectivity index (χ4n) is 8.56. The molecule has 0 radical (unpaired) electrons. The summed E-state index contributed by atoms with van der Waals surface area (Å²) in [7, 11) is -15.1. The van der Waals surface area contributed by atoms with E-state index in [1.54, 1.807) is 4.90 Å². The zero-order valence-corrected chi connectivity index (χ0v) is 47.4. The van der Waals surface area contributed by atoms with E-state index in [9.17, 15) is 59.0 Å². The molecule has 2 heterocycles. The van der Waals surface area contributed by atoms with Gasteiger partial charge in [-0.2, -0.15) is 25.3 Å². The number of carbonyl (C=O) groups excluding carboxylic acids is 1. The number of benzene rings is 1. The van der Waals surface area contributed by atoms with Gasteiger partial charge in [0.05, 0.1) is 12.1 Å². The summed E-state index contributed by atoms with van der Waals surface area (Å²) >= 11 is 0. The van der Waals surface area contributed by atoms with Gasteiger partial charge in [-0.15, -0.1) is 11.5 Å². The maximum atomic E-state index is 13.2. The number of amides is 1. The van der Waals surface area contributed by atoms with E-state index in [4.69, 9.17) is 12.5 Å². The maximum absolute atomic E-state index is 13.2. The molecule has 1 amide bonds. The van der Waals surface area contributed by atoms with Crippen molar-refractivity contribution >= 4 is 43.0 Å². The van der Waals surface area contributed by atoms with Gasteiger partial charge in [-0.3, -0.25) is 23.4 Å². The van der Waals surface area contributed by atoms with Crippen molar-refractivity contribution in [3.63, 3.8) is 0 Å². The molecular formula is C41H67N2Na3O16S3. The standard InChI is InChI=1S/C41H70N2O16S3.3Na/c1-2-3-4-5-6-12-15-18-21-37(58-61(51,52)53)38(59-62(54,55)56)26-23-33(57-60(48,49)50)20-17-14-11-9-7-8-10-13-16-19-22-39(46)42-34-24-25-35-40-31(27-28-43(35)41(34)47)29-32(44)30-36(40)45;;;/h29-30,33-35,37-38,44-45H,2-28H2,1H3,(H,42,46)(H,48,49,50)(H,51,52,53)(H,54,55,56);;;/q;3*+1/p-3/t33-,34-,35+,37-,38-;;;/m0.../s1. The molecular weight excluding hydrogens is 942 g/mol. The predicted molar refractivity (Wildman–Crippen MR) is 225 cm³/mol. The summed E-state index contributed by atoms with van der Waals surface area (Å²) < 4.78 is 112. The molecule has 0 saturated carbocycles. The van der Waals surface area contributed by atoms with E-state index in [0.29, 0.717) is 69.0 Å². The van der Waals surface area contributed by atoms with Gasteiger partial charge in [0, 0.05) is 6.54 Å². The van der Waals surface area contributed by atoms with Gasteiger partial charge >= 0.3 is 120 Å². The first kappa shape index (κ1) is 65.4. The molecule has 0 aliphatic carbocycles. The summed E-state index contributed by atoms with van der Waals surface area (Å²) in [5, 5.41) is 36.9. The molecule has 3 N–H and O–H groups in total. The van der Waals surface area contributed by atoms with Crippen molar-refractivity contribution in [2.75, 3.05) is 6.54 Å². The summed E-state index contributed by atoms with van der Waals surface area (Å²) in [6.45, 7) is 2.49. The molecule has 5 atom stereocenters. The maximum Gasteiger partial charge on any atom is 1.00 e. The van der Waals surface area contributed by atoms with Gasteiger partial charge in [-0.05, 0) is 74.8 Å². The van der Waals surface area contributed by atoms with E-state index < -0.39 is 55.6 Å². The van der Waals surface area contributed by atoms with Gasteiger partial charge < -0.3 is 20.2 Å². The molecule has 1 fully saturated rings. The molecule has 1 aromatic carbocycles. The number of hydrogen-bond donors (Lipinski definition) is 3. The molecule has 65 heavy (non-hydrogen) atoms. The van der Waals surface area contributed by atoms with E-state index in [-0.39, 0.29) is 150 Å². The number of unbranched alkanes of at least 4 members (excludes halogenated alkanes) is 16. The monoisotopic (exact) mass is 1010 g/mol. The second kappa shape index (κ2) is 33.9. The summed E-state index contributed by atoms with van der Waals surface area (Å²) in [6.07, 6.45) is 12.3. The molecule has 358 valence electrons. The minimum atomic E-state index is -5.12. The van der Waals surface area contributed by atoms with Crippen LogP contribution in [0.15, 0.2) is 17.1 Å². The Morgan fingerprint density at radius 1 is 0.677 bits per heavy atom. The average Bonchev–Trinajstić information content (AvgIpc) is 3.16. The number of aliphatic imine (C=N–C) groups is 1. The number of hydrogen-bond acceptors (Lipinski definition) is 14. The number of rotatable bonds is 33. The Balaban J connectivity index is 0.0000137. The van der Waals surface area contributed by atoms with Crippen LogP contribution in [0.4, 0.5) is 0 Å². The Hall–Kier alpha value is 0.370. The topological polar surface area (TPSA) is 293 Å². The van der Waals surface area contributed by atoms with Crippen molar-refractivity contribution in [2.45, 2.75) is 204 Å². The number of fused-ring (bicyclic) bond motifs is 3. The number of nitrogens with zero attached hydrogens (tertiary/aromatic N) is 2. The first-order valence-corrected chi connectivity index (χ1v) is 26.4. The molecule has 0 bridgehead atoms. The largest absolute Gasteiger partial charge is 1.00 e. The summed E-state index contributed by atoms with van der Waals surface area (Å²) in [5.41, 5.74) is 1.21. The molecule has 0 spiro atoms. The van der Waals surface area contributed by atoms with Crippen LogP contribution in [0.5, 0.6) is 11.5 Å². The summed E-state index contributed by atoms with van der Waals surface area (Å²) in [4.78, 5) is 19.0. The third kappa shape index (κ3) is 27.5. The van der Waals surface area contributed by atoms with E-state index in [0.717, 1.165) is 89.5 Å². The quantitative estimate of drug-likeness (QED) is 0.0205. The van der Waals surface area contributed by atoms with Crippen LogP contribution < -0.4 is 104 Å². The van der Waals surface area contributed by atoms with Gasteiger partial charge in [0.1, 0.15) is 18.2 Å². The molecule has 2 aliphatic heterocycles. The molecule has 0 aromatic heterocycles. The fourth-order valence-corrected chi connectivity index (χ4v) is 10.2. The van der Waals surface area contributed by atoms with Crippen LogP contribution in [0.25, 0.3) is 0 Å². The third-order valence-corrected chi connectivity index (χ3v) is 13.1. The van der Waals surface area contributed by atoms with Crippen molar-refractivity contribution in [2.24, 2.45) is 4.99 Å². The van der Waals surface area contributed by atoms with Gasteiger partial charge in [-0.25, -0.2) is 12.5 Å². The van der Waals surface area contributed by atoms with Gasteiger partial charge in [0.2, 0.25) is 5.91 Å². The third-order valence-electron chi connectivity index (χ3n) is 11.6.